The molecule has 2 rings (SSSR count). The maximum atomic E-state index is 12.0. The fourth-order valence-electron chi connectivity index (χ4n) is 2.53. The summed E-state index contributed by atoms with van der Waals surface area (Å²) in [6, 6.07) is 8.03. The lowest BCUT2D eigenvalue weighted by Gasteiger charge is -2.29. The highest BCUT2D eigenvalue weighted by atomic mass is 32.2. The number of anilines is 1. The molecule has 1 aromatic rings. The van der Waals surface area contributed by atoms with E-state index >= 15 is 0 Å². The third kappa shape index (κ3) is 4.16. The summed E-state index contributed by atoms with van der Waals surface area (Å²) in [5.41, 5.74) is 6.60. The van der Waals surface area contributed by atoms with Gasteiger partial charge in [0.1, 0.15) is 0 Å². The monoisotopic (exact) mass is 278 g/mol. The molecular weight excluding hydrogens is 256 g/mol. The van der Waals surface area contributed by atoms with Crippen LogP contribution in [0.15, 0.2) is 29.2 Å². The van der Waals surface area contributed by atoms with Gasteiger partial charge in [-0.1, -0.05) is 31.9 Å². The average molecular weight is 278 g/mol. The number of rotatable bonds is 4. The van der Waals surface area contributed by atoms with Gasteiger partial charge >= 0.3 is 0 Å². The van der Waals surface area contributed by atoms with E-state index in [4.69, 9.17) is 5.73 Å². The van der Waals surface area contributed by atoms with E-state index in [9.17, 15) is 4.79 Å². The minimum Gasteiger partial charge on any atom is -0.398 e. The Bertz CT molecular complexity index is 436. The molecule has 0 radical (unpaired) electrons. The second-order valence-electron chi connectivity index (χ2n) is 5.26. The zero-order chi connectivity index (χ0) is 13.7. The van der Waals surface area contributed by atoms with Gasteiger partial charge in [0.15, 0.2) is 0 Å². The number of nitrogens with one attached hydrogen (secondary N) is 1. The second kappa shape index (κ2) is 6.85. The van der Waals surface area contributed by atoms with Gasteiger partial charge in [-0.15, -0.1) is 11.8 Å². The maximum Gasteiger partial charge on any atom is 0.230 e. The molecule has 1 aliphatic carbocycles. The van der Waals surface area contributed by atoms with Gasteiger partial charge in [-0.05, 0) is 30.9 Å². The Morgan fingerprint density at radius 3 is 2.84 bits per heavy atom. The smallest absolute Gasteiger partial charge is 0.230 e. The Balaban J connectivity index is 1.80. The molecule has 2 atom stereocenters. The van der Waals surface area contributed by atoms with E-state index in [-0.39, 0.29) is 5.91 Å². The number of para-hydroxylation sites is 1. The van der Waals surface area contributed by atoms with Gasteiger partial charge in [-0.25, -0.2) is 0 Å². The van der Waals surface area contributed by atoms with E-state index < -0.39 is 0 Å². The minimum absolute atomic E-state index is 0.118. The standard InChI is InChI=1S/C15H22N2OS/c1-11-6-2-4-8-13(11)17-15(18)10-19-14-9-5-3-7-12(14)16/h3,5,7,9,11,13H,2,4,6,8,10,16H2,1H3,(H,17,18). The predicted octanol–water partition coefficient (Wildman–Crippen LogP) is 3.06. The van der Waals surface area contributed by atoms with Crippen LogP contribution in [0.4, 0.5) is 5.69 Å². The summed E-state index contributed by atoms with van der Waals surface area (Å²) >= 11 is 1.51. The predicted molar refractivity (Wildman–Crippen MR) is 81.1 cm³/mol. The maximum absolute atomic E-state index is 12.0. The average Bonchev–Trinajstić information content (AvgIpc) is 2.40. The number of nitrogen functional groups attached to an aromatic ring is 1. The molecule has 0 aliphatic heterocycles. The molecule has 0 spiro atoms. The zero-order valence-electron chi connectivity index (χ0n) is 11.4. The third-order valence-electron chi connectivity index (χ3n) is 3.74. The normalized spacial score (nSPS) is 23.0. The van der Waals surface area contributed by atoms with Crippen LogP contribution in [0.1, 0.15) is 32.6 Å². The molecule has 1 saturated carbocycles. The number of carbonyl (C=O) groups excluding carboxylic acids is 1. The number of hydrogen-bond donors (Lipinski definition) is 2. The van der Waals surface area contributed by atoms with Crippen LogP contribution in [0, 0.1) is 5.92 Å². The number of amides is 1. The van der Waals surface area contributed by atoms with E-state index in [0.717, 1.165) is 17.0 Å². The Hall–Kier alpha value is -1.16. The molecule has 1 aromatic carbocycles. The molecule has 0 bridgehead atoms. The first-order chi connectivity index (χ1) is 9.16. The molecule has 0 aromatic heterocycles. The summed E-state index contributed by atoms with van der Waals surface area (Å²) in [5.74, 6) is 1.16. The largest absolute Gasteiger partial charge is 0.398 e. The second-order valence-corrected chi connectivity index (χ2v) is 6.28. The highest BCUT2D eigenvalue weighted by Crippen LogP contribution is 2.26. The molecular formula is C15H22N2OS. The molecule has 0 heterocycles. The van der Waals surface area contributed by atoms with Gasteiger partial charge in [0.05, 0.1) is 5.75 Å². The first kappa shape index (κ1) is 14.3. The number of thioether (sulfide) groups is 1. The van der Waals surface area contributed by atoms with Crippen LogP contribution in [0.2, 0.25) is 0 Å². The highest BCUT2D eigenvalue weighted by molar-refractivity contribution is 8.00. The van der Waals surface area contributed by atoms with E-state index in [2.05, 4.69) is 12.2 Å². The summed E-state index contributed by atoms with van der Waals surface area (Å²) in [6.45, 7) is 2.23. The molecule has 3 N–H and O–H groups in total. The van der Waals surface area contributed by atoms with Gasteiger partial charge in [0.2, 0.25) is 5.91 Å². The Morgan fingerprint density at radius 2 is 2.11 bits per heavy atom. The van der Waals surface area contributed by atoms with Crippen LogP contribution >= 0.6 is 11.8 Å². The molecule has 1 amide bonds. The quantitative estimate of drug-likeness (QED) is 0.657. The summed E-state index contributed by atoms with van der Waals surface area (Å²) < 4.78 is 0. The van der Waals surface area contributed by atoms with Crippen molar-refractivity contribution in [2.24, 2.45) is 5.92 Å². The lowest BCUT2D eigenvalue weighted by Crippen LogP contribution is -2.41. The number of nitrogens with two attached hydrogens (primary N) is 1. The summed E-state index contributed by atoms with van der Waals surface area (Å²) in [6.07, 6.45) is 4.87. The van der Waals surface area contributed by atoms with E-state index in [1.165, 1.54) is 31.0 Å². The van der Waals surface area contributed by atoms with Crippen molar-refractivity contribution in [2.45, 2.75) is 43.5 Å². The third-order valence-corrected chi connectivity index (χ3v) is 4.82. The van der Waals surface area contributed by atoms with E-state index in [1.807, 2.05) is 24.3 Å². The van der Waals surface area contributed by atoms with Crippen LogP contribution in [0.3, 0.4) is 0 Å². The highest BCUT2D eigenvalue weighted by Gasteiger charge is 2.22. The number of hydrogen-bond acceptors (Lipinski definition) is 3. The molecule has 2 unspecified atom stereocenters. The fourth-order valence-corrected chi connectivity index (χ4v) is 3.31. The first-order valence-electron chi connectivity index (χ1n) is 6.93. The van der Waals surface area contributed by atoms with Gasteiger partial charge < -0.3 is 11.1 Å². The molecule has 4 heteroatoms. The van der Waals surface area contributed by atoms with Crippen molar-refractivity contribution in [3.05, 3.63) is 24.3 Å². The topological polar surface area (TPSA) is 55.1 Å². The summed E-state index contributed by atoms with van der Waals surface area (Å²) in [4.78, 5) is 12.9. The van der Waals surface area contributed by atoms with Crippen LogP contribution in [0.25, 0.3) is 0 Å². The van der Waals surface area contributed by atoms with Gasteiger partial charge in [0.25, 0.3) is 0 Å². The molecule has 104 valence electrons. The fraction of sp³-hybridized carbons (Fsp3) is 0.533. The zero-order valence-corrected chi connectivity index (χ0v) is 12.2. The molecule has 1 aliphatic rings. The number of benzene rings is 1. The van der Waals surface area contributed by atoms with Crippen LogP contribution < -0.4 is 11.1 Å². The van der Waals surface area contributed by atoms with Crippen LogP contribution in [-0.4, -0.2) is 17.7 Å². The minimum atomic E-state index is 0.118. The van der Waals surface area contributed by atoms with Crippen molar-refractivity contribution in [3.63, 3.8) is 0 Å². The molecule has 3 nitrogen and oxygen atoms in total. The van der Waals surface area contributed by atoms with Gasteiger partial charge in [-0.3, -0.25) is 4.79 Å². The van der Waals surface area contributed by atoms with Crippen LogP contribution in [-0.2, 0) is 4.79 Å². The Kier molecular flexibility index (Phi) is 5.14. The first-order valence-corrected chi connectivity index (χ1v) is 7.92. The summed E-state index contributed by atoms with van der Waals surface area (Å²) in [5, 5.41) is 3.16. The van der Waals surface area contributed by atoms with Crippen LogP contribution in [0.5, 0.6) is 0 Å². The van der Waals surface area contributed by atoms with Crippen molar-refractivity contribution in [3.8, 4) is 0 Å². The van der Waals surface area contributed by atoms with Gasteiger partial charge in [0, 0.05) is 16.6 Å². The van der Waals surface area contributed by atoms with E-state index in [0.29, 0.717) is 17.7 Å². The lowest BCUT2D eigenvalue weighted by atomic mass is 9.86. The van der Waals surface area contributed by atoms with Gasteiger partial charge in [-0.2, -0.15) is 0 Å². The van der Waals surface area contributed by atoms with Crippen molar-refractivity contribution >= 4 is 23.4 Å². The van der Waals surface area contributed by atoms with Crippen molar-refractivity contribution < 1.29 is 4.79 Å². The van der Waals surface area contributed by atoms with Crippen molar-refractivity contribution in [2.75, 3.05) is 11.5 Å². The lowest BCUT2D eigenvalue weighted by molar-refractivity contribution is -0.119. The number of carbonyl (C=O) groups is 1. The molecule has 0 saturated heterocycles. The molecule has 1 fully saturated rings. The summed E-state index contributed by atoms with van der Waals surface area (Å²) in [7, 11) is 0. The van der Waals surface area contributed by atoms with Crippen molar-refractivity contribution in [1.82, 2.24) is 5.32 Å². The Morgan fingerprint density at radius 1 is 1.37 bits per heavy atom. The van der Waals surface area contributed by atoms with E-state index in [1.54, 1.807) is 0 Å². The molecule has 19 heavy (non-hydrogen) atoms. The Labute approximate surface area is 119 Å². The van der Waals surface area contributed by atoms with Crippen molar-refractivity contribution in [1.29, 1.82) is 0 Å². The SMILES string of the molecule is CC1CCCCC1NC(=O)CSc1ccccc1N.